The number of amides is 1. The van der Waals surface area contributed by atoms with Crippen molar-refractivity contribution < 1.29 is 4.79 Å². The molecule has 3 aromatic rings. The van der Waals surface area contributed by atoms with E-state index in [1.54, 1.807) is 17.6 Å². The highest BCUT2D eigenvalue weighted by Crippen LogP contribution is 2.24. The van der Waals surface area contributed by atoms with Crippen LogP contribution in [0.4, 0.5) is 0 Å². The zero-order chi connectivity index (χ0) is 17.6. The Labute approximate surface area is 161 Å². The minimum Gasteiger partial charge on any atom is -0.305 e. The van der Waals surface area contributed by atoms with Crippen LogP contribution in [0.2, 0.25) is 0 Å². The van der Waals surface area contributed by atoms with Gasteiger partial charge in [0.2, 0.25) is 0 Å². The number of carbonyl (C=O) groups excluding carboxylic acids is 1. The molecule has 0 fully saturated rings. The first-order valence-electron chi connectivity index (χ1n) is 7.27. The Morgan fingerprint density at radius 2 is 2.28 bits per heavy atom. The fraction of sp³-hybridized carbons (Fsp3) is 0.125. The van der Waals surface area contributed by atoms with Gasteiger partial charge in [0.05, 0.1) is 12.0 Å². The maximum absolute atomic E-state index is 11.9. The first-order valence-corrected chi connectivity index (χ1v) is 9.93. The quantitative estimate of drug-likeness (QED) is 0.365. The second-order valence-corrected chi connectivity index (χ2v) is 7.81. The monoisotopic (exact) mass is 435 g/mol. The highest BCUT2D eigenvalue weighted by molar-refractivity contribution is 9.10. The summed E-state index contributed by atoms with van der Waals surface area (Å²) < 4.78 is 2.85. The first-order chi connectivity index (χ1) is 12.1. The van der Waals surface area contributed by atoms with Gasteiger partial charge in [-0.25, -0.2) is 5.43 Å². The van der Waals surface area contributed by atoms with Crippen LogP contribution in [0.1, 0.15) is 4.88 Å². The fourth-order valence-electron chi connectivity index (χ4n) is 2.01. The van der Waals surface area contributed by atoms with Gasteiger partial charge >= 0.3 is 0 Å². The van der Waals surface area contributed by atoms with Crippen molar-refractivity contribution in [3.05, 3.63) is 51.1 Å². The number of thioether (sulfide) groups is 1. The molecule has 0 atom stereocenters. The van der Waals surface area contributed by atoms with Crippen LogP contribution in [0, 0.1) is 0 Å². The molecule has 9 heteroatoms. The minimum atomic E-state index is -0.190. The van der Waals surface area contributed by atoms with E-state index in [1.165, 1.54) is 11.8 Å². The molecule has 2 aromatic heterocycles. The lowest BCUT2D eigenvalue weighted by Gasteiger charge is -2.04. The van der Waals surface area contributed by atoms with E-state index in [1.807, 2.05) is 53.4 Å². The van der Waals surface area contributed by atoms with E-state index in [9.17, 15) is 4.79 Å². The number of hydrazone groups is 1. The molecular formula is C16H14BrN5OS2. The van der Waals surface area contributed by atoms with Gasteiger partial charge in [-0.2, -0.15) is 5.10 Å². The van der Waals surface area contributed by atoms with Gasteiger partial charge in [0.15, 0.2) is 11.0 Å². The van der Waals surface area contributed by atoms with Crippen LogP contribution < -0.4 is 5.43 Å². The van der Waals surface area contributed by atoms with Gasteiger partial charge in [0.25, 0.3) is 5.91 Å². The molecule has 3 rings (SSSR count). The Morgan fingerprint density at radius 1 is 1.40 bits per heavy atom. The second-order valence-electron chi connectivity index (χ2n) is 4.97. The average Bonchev–Trinajstić information content (AvgIpc) is 3.23. The zero-order valence-corrected chi connectivity index (χ0v) is 16.4. The van der Waals surface area contributed by atoms with E-state index < -0.39 is 0 Å². The number of thiophene rings is 1. The zero-order valence-electron chi connectivity index (χ0n) is 13.2. The number of halogens is 1. The van der Waals surface area contributed by atoms with E-state index in [2.05, 4.69) is 36.7 Å². The van der Waals surface area contributed by atoms with Crippen molar-refractivity contribution in [2.75, 3.05) is 5.75 Å². The fourth-order valence-corrected chi connectivity index (χ4v) is 3.70. The summed E-state index contributed by atoms with van der Waals surface area (Å²) in [5.74, 6) is 0.774. The van der Waals surface area contributed by atoms with Crippen LogP contribution in [0.3, 0.4) is 0 Å². The molecule has 2 heterocycles. The number of rotatable bonds is 6. The lowest BCUT2D eigenvalue weighted by atomic mass is 10.2. The maximum atomic E-state index is 11.9. The van der Waals surface area contributed by atoms with Gasteiger partial charge < -0.3 is 4.57 Å². The van der Waals surface area contributed by atoms with Crippen LogP contribution in [0.25, 0.3) is 11.4 Å². The van der Waals surface area contributed by atoms with Gasteiger partial charge in [-0.15, -0.1) is 21.5 Å². The number of hydrogen-bond donors (Lipinski definition) is 1. The molecule has 0 aliphatic rings. The molecule has 0 radical (unpaired) electrons. The molecule has 0 saturated heterocycles. The molecule has 0 aliphatic carbocycles. The number of aromatic nitrogens is 3. The van der Waals surface area contributed by atoms with Crippen LogP contribution >= 0.6 is 39.0 Å². The van der Waals surface area contributed by atoms with Crippen molar-refractivity contribution in [1.29, 1.82) is 0 Å². The number of nitrogens with zero attached hydrogens (tertiary/aromatic N) is 4. The van der Waals surface area contributed by atoms with E-state index in [-0.39, 0.29) is 11.7 Å². The molecule has 0 bridgehead atoms. The van der Waals surface area contributed by atoms with Crippen molar-refractivity contribution in [3.8, 4) is 11.4 Å². The summed E-state index contributed by atoms with van der Waals surface area (Å²) in [6, 6.07) is 11.7. The lowest BCUT2D eigenvalue weighted by molar-refractivity contribution is -0.118. The average molecular weight is 436 g/mol. The molecule has 1 amide bonds. The van der Waals surface area contributed by atoms with Crippen molar-refractivity contribution >= 4 is 51.2 Å². The summed E-state index contributed by atoms with van der Waals surface area (Å²) in [6.45, 7) is 0. The summed E-state index contributed by atoms with van der Waals surface area (Å²) in [5.41, 5.74) is 3.47. The van der Waals surface area contributed by atoms with E-state index in [0.29, 0.717) is 5.16 Å². The SMILES string of the molecule is Cn1c(SCC(=O)N/N=C/c2cccs2)nnc1-c1cccc(Br)c1. The number of carbonyl (C=O) groups is 1. The Balaban J connectivity index is 1.57. The molecule has 6 nitrogen and oxygen atoms in total. The Hall–Kier alpha value is -1.97. The molecule has 1 N–H and O–H groups in total. The number of benzene rings is 1. The predicted octanol–water partition coefficient (Wildman–Crippen LogP) is 3.55. The highest BCUT2D eigenvalue weighted by atomic mass is 79.9. The van der Waals surface area contributed by atoms with Crippen molar-refractivity contribution in [2.45, 2.75) is 5.16 Å². The van der Waals surface area contributed by atoms with Crippen molar-refractivity contribution in [2.24, 2.45) is 12.1 Å². The molecule has 0 saturated carbocycles. The lowest BCUT2D eigenvalue weighted by Crippen LogP contribution is -2.19. The Bertz CT molecular complexity index is 892. The second kappa shape index (κ2) is 8.41. The van der Waals surface area contributed by atoms with E-state index in [0.717, 1.165) is 20.7 Å². The summed E-state index contributed by atoms with van der Waals surface area (Å²) >= 11 is 6.33. The smallest absolute Gasteiger partial charge is 0.250 e. The van der Waals surface area contributed by atoms with E-state index >= 15 is 0 Å². The predicted molar refractivity (Wildman–Crippen MR) is 105 cm³/mol. The molecule has 25 heavy (non-hydrogen) atoms. The summed E-state index contributed by atoms with van der Waals surface area (Å²) in [6.07, 6.45) is 1.63. The Kier molecular flexibility index (Phi) is 6.00. The Morgan fingerprint density at radius 3 is 3.04 bits per heavy atom. The normalized spacial score (nSPS) is 11.1. The molecule has 1 aromatic carbocycles. The molecule has 0 aliphatic heterocycles. The van der Waals surface area contributed by atoms with Crippen LogP contribution in [-0.2, 0) is 11.8 Å². The molecule has 128 valence electrons. The van der Waals surface area contributed by atoms with Crippen LogP contribution in [0.5, 0.6) is 0 Å². The van der Waals surface area contributed by atoms with Crippen molar-refractivity contribution in [3.63, 3.8) is 0 Å². The van der Waals surface area contributed by atoms with Crippen LogP contribution in [0.15, 0.2) is 56.5 Å². The minimum absolute atomic E-state index is 0.190. The number of hydrogen-bond acceptors (Lipinski definition) is 6. The molecule has 0 unspecified atom stereocenters. The van der Waals surface area contributed by atoms with Gasteiger partial charge in [0.1, 0.15) is 0 Å². The van der Waals surface area contributed by atoms with Gasteiger partial charge in [-0.1, -0.05) is 45.9 Å². The van der Waals surface area contributed by atoms with E-state index in [4.69, 9.17) is 0 Å². The third-order valence-electron chi connectivity index (χ3n) is 3.17. The first kappa shape index (κ1) is 17.8. The summed E-state index contributed by atoms with van der Waals surface area (Å²) in [5, 5.41) is 14.9. The number of nitrogens with one attached hydrogen (secondary N) is 1. The maximum Gasteiger partial charge on any atom is 0.250 e. The summed E-state index contributed by atoms with van der Waals surface area (Å²) in [4.78, 5) is 12.9. The van der Waals surface area contributed by atoms with Gasteiger partial charge in [-0.05, 0) is 23.6 Å². The van der Waals surface area contributed by atoms with Gasteiger partial charge in [-0.3, -0.25) is 4.79 Å². The van der Waals surface area contributed by atoms with Crippen molar-refractivity contribution in [1.82, 2.24) is 20.2 Å². The summed E-state index contributed by atoms with van der Waals surface area (Å²) in [7, 11) is 1.88. The standard InChI is InChI=1S/C16H14BrN5OS2/c1-22-15(11-4-2-5-12(17)8-11)20-21-16(22)25-10-14(23)19-18-9-13-6-3-7-24-13/h2-9H,10H2,1H3,(H,19,23)/b18-9+. The van der Waals surface area contributed by atoms with Crippen LogP contribution in [-0.4, -0.2) is 32.6 Å². The molecular weight excluding hydrogens is 422 g/mol. The highest BCUT2D eigenvalue weighted by Gasteiger charge is 2.12. The molecule has 0 spiro atoms. The largest absolute Gasteiger partial charge is 0.305 e. The van der Waals surface area contributed by atoms with Gasteiger partial charge in [0, 0.05) is 22.0 Å². The topological polar surface area (TPSA) is 72.2 Å². The third-order valence-corrected chi connectivity index (χ3v) is 5.49. The third kappa shape index (κ3) is 4.77.